The van der Waals surface area contributed by atoms with Gasteiger partial charge >= 0.3 is 0 Å². The van der Waals surface area contributed by atoms with E-state index in [0.717, 1.165) is 4.34 Å². The maximum absolute atomic E-state index is 4.84. The van der Waals surface area contributed by atoms with Crippen molar-refractivity contribution in [3.05, 3.63) is 3.95 Å². The average Bonchev–Trinajstić information content (AvgIpc) is 2.31. The van der Waals surface area contributed by atoms with Crippen LogP contribution in [0.15, 0.2) is 4.34 Å². The van der Waals surface area contributed by atoms with Crippen LogP contribution in [-0.2, 0) is 4.74 Å². The molecule has 6 heteroatoms. The highest BCUT2D eigenvalue weighted by Gasteiger charge is 1.95. The molecule has 0 aliphatic carbocycles. The molecule has 0 amide bonds. The quantitative estimate of drug-likeness (QED) is 0.453. The number of nitrogens with zero attached hydrogens (tertiary/aromatic N) is 1. The molecule has 0 bridgehead atoms. The Morgan fingerprint density at radius 3 is 3.20 bits per heavy atom. The van der Waals surface area contributed by atoms with Gasteiger partial charge in [-0.25, -0.2) is 0 Å². The summed E-state index contributed by atoms with van der Waals surface area (Å²) in [7, 11) is 1.65. The lowest BCUT2D eigenvalue weighted by atomic mass is 11.5. The molecule has 1 heterocycles. The standard InChI is InChI=1S/C4H6N2OS3/c1-7-2-9-4-6-5-3(8)10-4/h2H2,1H3,(H,5,8). The minimum atomic E-state index is 0.621. The second-order valence-corrected chi connectivity index (χ2v) is 4.27. The van der Waals surface area contributed by atoms with Gasteiger partial charge in [0.1, 0.15) is 0 Å². The van der Waals surface area contributed by atoms with Crippen molar-refractivity contribution in [2.45, 2.75) is 4.34 Å². The number of ether oxygens (including phenoxy) is 1. The van der Waals surface area contributed by atoms with Gasteiger partial charge in [0.25, 0.3) is 0 Å². The molecule has 1 rings (SSSR count). The lowest BCUT2D eigenvalue weighted by Gasteiger charge is -1.90. The largest absolute Gasteiger partial charge is 0.374 e. The molecule has 1 N–H and O–H groups in total. The third kappa shape index (κ3) is 2.37. The van der Waals surface area contributed by atoms with E-state index in [1.807, 2.05) is 0 Å². The summed E-state index contributed by atoms with van der Waals surface area (Å²) < 4.78 is 6.47. The Bertz CT molecular complexity index is 243. The van der Waals surface area contributed by atoms with Crippen LogP contribution < -0.4 is 0 Å². The number of aromatic nitrogens is 2. The Labute approximate surface area is 71.8 Å². The molecule has 1 aromatic rings. The fourth-order valence-electron chi connectivity index (χ4n) is 0.387. The molecule has 3 nitrogen and oxygen atoms in total. The molecule has 0 aromatic carbocycles. The molecule has 0 saturated heterocycles. The lowest BCUT2D eigenvalue weighted by molar-refractivity contribution is 0.259. The smallest absolute Gasteiger partial charge is 0.177 e. The first kappa shape index (κ1) is 8.19. The molecule has 56 valence electrons. The van der Waals surface area contributed by atoms with Gasteiger partial charge in [-0.2, -0.15) is 5.10 Å². The maximum atomic E-state index is 4.84. The van der Waals surface area contributed by atoms with Gasteiger partial charge in [0.05, 0.1) is 5.94 Å². The Kier molecular flexibility index (Phi) is 3.33. The summed E-state index contributed by atoms with van der Waals surface area (Å²) in [6, 6.07) is 0. The molecule has 10 heavy (non-hydrogen) atoms. The van der Waals surface area contributed by atoms with Gasteiger partial charge in [-0.15, -0.1) is 0 Å². The molecule has 1 aromatic heterocycles. The summed E-state index contributed by atoms with van der Waals surface area (Å²) in [5, 5.41) is 6.61. The Hall–Kier alpha value is 0.0900. The zero-order valence-electron chi connectivity index (χ0n) is 5.29. The minimum absolute atomic E-state index is 0.621. The second-order valence-electron chi connectivity index (χ2n) is 1.43. The molecule has 0 unspecified atom stereocenters. The predicted molar refractivity (Wildman–Crippen MR) is 45.0 cm³/mol. The van der Waals surface area contributed by atoms with Crippen LogP contribution in [0.5, 0.6) is 0 Å². The Balaban J connectivity index is 2.50. The van der Waals surface area contributed by atoms with Crippen molar-refractivity contribution < 1.29 is 4.74 Å². The van der Waals surface area contributed by atoms with Gasteiger partial charge in [0.2, 0.25) is 0 Å². The van der Waals surface area contributed by atoms with Gasteiger partial charge in [-0.1, -0.05) is 23.1 Å². The van der Waals surface area contributed by atoms with Gasteiger partial charge in [0.15, 0.2) is 8.29 Å². The fraction of sp³-hybridized carbons (Fsp3) is 0.500. The first-order valence-corrected chi connectivity index (χ1v) is 4.71. The van der Waals surface area contributed by atoms with Crippen molar-refractivity contribution in [3.8, 4) is 0 Å². The van der Waals surface area contributed by atoms with Gasteiger partial charge in [0, 0.05) is 7.11 Å². The van der Waals surface area contributed by atoms with Crippen molar-refractivity contribution in [3.63, 3.8) is 0 Å². The van der Waals surface area contributed by atoms with Crippen molar-refractivity contribution in [1.82, 2.24) is 10.2 Å². The van der Waals surface area contributed by atoms with Crippen molar-refractivity contribution in [1.29, 1.82) is 0 Å². The van der Waals surface area contributed by atoms with Gasteiger partial charge < -0.3 is 4.74 Å². The number of hydrogen-bond donors (Lipinski definition) is 1. The SMILES string of the molecule is COCSc1n[nH]c(=S)s1. The monoisotopic (exact) mass is 194 g/mol. The van der Waals surface area contributed by atoms with Crippen LogP contribution in [0.1, 0.15) is 0 Å². The third-order valence-electron chi connectivity index (χ3n) is 0.719. The van der Waals surface area contributed by atoms with E-state index in [1.54, 1.807) is 7.11 Å². The van der Waals surface area contributed by atoms with E-state index in [9.17, 15) is 0 Å². The van der Waals surface area contributed by atoms with Crippen molar-refractivity contribution in [2.24, 2.45) is 0 Å². The number of hydrogen-bond acceptors (Lipinski definition) is 5. The number of nitrogens with one attached hydrogen (secondary N) is 1. The fourth-order valence-corrected chi connectivity index (χ4v) is 2.13. The summed E-state index contributed by atoms with van der Waals surface area (Å²) in [5.74, 6) is 0.621. The van der Waals surface area contributed by atoms with E-state index in [4.69, 9.17) is 17.0 Å². The highest BCUT2D eigenvalue weighted by atomic mass is 32.2. The van der Waals surface area contributed by atoms with E-state index in [0.29, 0.717) is 9.89 Å². The zero-order valence-corrected chi connectivity index (χ0v) is 7.74. The van der Waals surface area contributed by atoms with Crippen LogP contribution in [-0.4, -0.2) is 23.2 Å². The van der Waals surface area contributed by atoms with Crippen LogP contribution in [0.4, 0.5) is 0 Å². The van der Waals surface area contributed by atoms with E-state index in [2.05, 4.69) is 10.2 Å². The molecule has 0 atom stereocenters. The van der Waals surface area contributed by atoms with Gasteiger partial charge in [-0.05, 0) is 12.2 Å². The number of aromatic amines is 1. The number of methoxy groups -OCH3 is 1. The van der Waals surface area contributed by atoms with E-state index in [-0.39, 0.29) is 0 Å². The zero-order chi connectivity index (χ0) is 7.40. The number of thioether (sulfide) groups is 1. The third-order valence-corrected chi connectivity index (χ3v) is 2.90. The summed E-state index contributed by atoms with van der Waals surface area (Å²) in [4.78, 5) is 0. The first-order chi connectivity index (χ1) is 4.83. The minimum Gasteiger partial charge on any atom is -0.374 e. The molecule has 0 aliphatic heterocycles. The summed E-state index contributed by atoms with van der Waals surface area (Å²) in [6.45, 7) is 0. The second kappa shape index (κ2) is 4.07. The van der Waals surface area contributed by atoms with Crippen LogP contribution >= 0.6 is 35.3 Å². The van der Waals surface area contributed by atoms with E-state index < -0.39 is 0 Å². The molecular weight excluding hydrogens is 188 g/mol. The topological polar surface area (TPSA) is 37.9 Å². The lowest BCUT2D eigenvalue weighted by Crippen LogP contribution is -1.79. The van der Waals surface area contributed by atoms with Crippen LogP contribution in [0, 0.1) is 3.95 Å². The van der Waals surface area contributed by atoms with E-state index >= 15 is 0 Å². The normalized spacial score (nSPS) is 10.1. The van der Waals surface area contributed by atoms with Crippen LogP contribution in [0.2, 0.25) is 0 Å². The summed E-state index contributed by atoms with van der Waals surface area (Å²) >= 11 is 7.82. The molecule has 0 aliphatic rings. The predicted octanol–water partition coefficient (Wildman–Crippen LogP) is 1.90. The van der Waals surface area contributed by atoms with Crippen molar-refractivity contribution in [2.75, 3.05) is 13.0 Å². The molecule has 0 saturated carbocycles. The molecule has 0 fully saturated rings. The molecule has 0 radical (unpaired) electrons. The Morgan fingerprint density at radius 1 is 1.90 bits per heavy atom. The first-order valence-electron chi connectivity index (χ1n) is 2.50. The highest BCUT2D eigenvalue weighted by molar-refractivity contribution is 8.00. The maximum Gasteiger partial charge on any atom is 0.177 e. The van der Waals surface area contributed by atoms with Crippen molar-refractivity contribution >= 4 is 35.3 Å². The van der Waals surface area contributed by atoms with Crippen LogP contribution in [0.3, 0.4) is 0 Å². The van der Waals surface area contributed by atoms with Gasteiger partial charge in [-0.3, -0.25) is 5.10 Å². The van der Waals surface area contributed by atoms with E-state index in [1.165, 1.54) is 23.1 Å². The molecular formula is C4H6N2OS3. The van der Waals surface area contributed by atoms with Crippen LogP contribution in [0.25, 0.3) is 0 Å². The summed E-state index contributed by atoms with van der Waals surface area (Å²) in [6.07, 6.45) is 0. The average molecular weight is 194 g/mol. The number of rotatable bonds is 3. The highest BCUT2D eigenvalue weighted by Crippen LogP contribution is 2.19. The molecule has 0 spiro atoms. The summed E-state index contributed by atoms with van der Waals surface area (Å²) in [5.41, 5.74) is 0. The number of H-pyrrole nitrogens is 1. The Morgan fingerprint density at radius 2 is 2.70 bits per heavy atom.